The molecule has 0 aliphatic rings. The largest absolute Gasteiger partial charge is 0.497 e. The molecular weight excluding hydrogens is 318 g/mol. The van der Waals surface area contributed by atoms with Gasteiger partial charge in [0.1, 0.15) is 11.6 Å². The zero-order chi connectivity index (χ0) is 17.2. The molecule has 126 valence electrons. The van der Waals surface area contributed by atoms with Crippen molar-refractivity contribution in [3.05, 3.63) is 60.0 Å². The Hall–Kier alpha value is -3.35. The van der Waals surface area contributed by atoms with Gasteiger partial charge in [0, 0.05) is 18.3 Å². The lowest BCUT2D eigenvalue weighted by Crippen LogP contribution is -2.07. The van der Waals surface area contributed by atoms with Gasteiger partial charge in [0.25, 0.3) is 5.78 Å². The van der Waals surface area contributed by atoms with E-state index in [1.54, 1.807) is 17.9 Å². The van der Waals surface area contributed by atoms with Crippen molar-refractivity contribution in [3.63, 3.8) is 0 Å². The number of aromatic nitrogens is 4. The summed E-state index contributed by atoms with van der Waals surface area (Å²) in [6, 6.07) is 13.5. The molecule has 4 aromatic rings. The van der Waals surface area contributed by atoms with Crippen molar-refractivity contribution in [2.75, 3.05) is 12.4 Å². The third-order valence-corrected chi connectivity index (χ3v) is 3.79. The Morgan fingerprint density at radius 1 is 1.16 bits per heavy atom. The standard InChI is InChI=1S/C18H17N5O2/c1-12-9-16(19-11-13-5-3-6-14(10-13)24-2)23-18(20-12)21-17(22-23)15-7-4-8-25-15/h3-10,19H,11H2,1-2H3. The average molecular weight is 335 g/mol. The van der Waals surface area contributed by atoms with Gasteiger partial charge in [-0.25, -0.2) is 4.98 Å². The van der Waals surface area contributed by atoms with Gasteiger partial charge in [0.2, 0.25) is 5.82 Å². The summed E-state index contributed by atoms with van der Waals surface area (Å²) < 4.78 is 12.3. The Morgan fingerprint density at radius 3 is 2.88 bits per heavy atom. The van der Waals surface area contributed by atoms with Crippen molar-refractivity contribution in [3.8, 4) is 17.3 Å². The van der Waals surface area contributed by atoms with Crippen molar-refractivity contribution in [2.45, 2.75) is 13.5 Å². The number of furan rings is 1. The minimum absolute atomic E-state index is 0.507. The second-order valence-electron chi connectivity index (χ2n) is 5.61. The van der Waals surface area contributed by atoms with E-state index in [2.05, 4.69) is 20.4 Å². The Morgan fingerprint density at radius 2 is 2.08 bits per heavy atom. The molecule has 0 atom stereocenters. The van der Waals surface area contributed by atoms with Crippen LogP contribution in [0.5, 0.6) is 5.75 Å². The first-order chi connectivity index (χ1) is 12.2. The van der Waals surface area contributed by atoms with Gasteiger partial charge in [-0.1, -0.05) is 12.1 Å². The van der Waals surface area contributed by atoms with Crippen molar-refractivity contribution >= 4 is 11.6 Å². The molecule has 0 bridgehead atoms. The van der Waals surface area contributed by atoms with Crippen LogP contribution in [0.4, 0.5) is 5.82 Å². The maximum Gasteiger partial charge on any atom is 0.254 e. The van der Waals surface area contributed by atoms with Crippen LogP contribution in [-0.4, -0.2) is 26.7 Å². The summed E-state index contributed by atoms with van der Waals surface area (Å²) in [6.07, 6.45) is 1.60. The van der Waals surface area contributed by atoms with Crippen molar-refractivity contribution in [2.24, 2.45) is 0 Å². The number of fused-ring (bicyclic) bond motifs is 1. The van der Waals surface area contributed by atoms with Crippen LogP contribution < -0.4 is 10.1 Å². The zero-order valence-electron chi connectivity index (χ0n) is 13.9. The van der Waals surface area contributed by atoms with Crippen molar-refractivity contribution in [1.82, 2.24) is 19.6 Å². The lowest BCUT2D eigenvalue weighted by molar-refractivity contribution is 0.414. The van der Waals surface area contributed by atoms with E-state index in [0.29, 0.717) is 23.9 Å². The fraction of sp³-hybridized carbons (Fsp3) is 0.167. The number of ether oxygens (including phenoxy) is 1. The highest BCUT2D eigenvalue weighted by Crippen LogP contribution is 2.20. The number of rotatable bonds is 5. The molecule has 0 aliphatic carbocycles. The number of aryl methyl sites for hydroxylation is 1. The van der Waals surface area contributed by atoms with Gasteiger partial charge in [-0.3, -0.25) is 0 Å². The van der Waals surface area contributed by atoms with Crippen LogP contribution in [0.2, 0.25) is 0 Å². The van der Waals surface area contributed by atoms with Crippen LogP contribution >= 0.6 is 0 Å². The quantitative estimate of drug-likeness (QED) is 0.603. The number of nitrogens with one attached hydrogen (secondary N) is 1. The van der Waals surface area contributed by atoms with Crippen LogP contribution in [0.15, 0.2) is 53.1 Å². The molecule has 7 heteroatoms. The van der Waals surface area contributed by atoms with E-state index in [-0.39, 0.29) is 0 Å². The molecule has 25 heavy (non-hydrogen) atoms. The van der Waals surface area contributed by atoms with Gasteiger partial charge in [-0.15, -0.1) is 5.10 Å². The summed E-state index contributed by atoms with van der Waals surface area (Å²) in [7, 11) is 1.66. The molecule has 7 nitrogen and oxygen atoms in total. The van der Waals surface area contributed by atoms with Crippen LogP contribution in [0.1, 0.15) is 11.3 Å². The number of benzene rings is 1. The van der Waals surface area contributed by atoms with Crippen LogP contribution in [-0.2, 0) is 6.54 Å². The van der Waals surface area contributed by atoms with Gasteiger partial charge in [0.05, 0.1) is 13.4 Å². The molecule has 0 amide bonds. The Labute approximate surface area is 144 Å². The lowest BCUT2D eigenvalue weighted by atomic mass is 10.2. The van der Waals surface area contributed by atoms with Crippen molar-refractivity contribution < 1.29 is 9.15 Å². The number of anilines is 1. The number of hydrogen-bond donors (Lipinski definition) is 1. The molecule has 0 aliphatic heterocycles. The van der Waals surface area contributed by atoms with Gasteiger partial charge in [-0.05, 0) is 36.8 Å². The molecular formula is C18H17N5O2. The van der Waals surface area contributed by atoms with Gasteiger partial charge in [-0.2, -0.15) is 9.50 Å². The molecule has 0 spiro atoms. The van der Waals surface area contributed by atoms with Gasteiger partial charge >= 0.3 is 0 Å². The minimum atomic E-state index is 0.507. The third-order valence-electron chi connectivity index (χ3n) is 3.79. The number of methoxy groups -OCH3 is 1. The van der Waals surface area contributed by atoms with E-state index < -0.39 is 0 Å². The van der Waals surface area contributed by atoms with Crippen LogP contribution in [0.3, 0.4) is 0 Å². The van der Waals surface area contributed by atoms with Crippen LogP contribution in [0.25, 0.3) is 17.4 Å². The summed E-state index contributed by atoms with van der Waals surface area (Å²) in [6.45, 7) is 2.56. The SMILES string of the molecule is COc1cccc(CNc2cc(C)nc3nc(-c4ccco4)nn23)c1. The fourth-order valence-electron chi connectivity index (χ4n) is 2.60. The van der Waals surface area contributed by atoms with Gasteiger partial charge in [0.15, 0.2) is 5.76 Å². The smallest absolute Gasteiger partial charge is 0.254 e. The summed E-state index contributed by atoms with van der Waals surface area (Å²) in [5.74, 6) is 3.29. The second kappa shape index (κ2) is 6.27. The van der Waals surface area contributed by atoms with E-state index in [4.69, 9.17) is 9.15 Å². The maximum atomic E-state index is 5.37. The second-order valence-corrected chi connectivity index (χ2v) is 5.61. The number of nitrogens with zero attached hydrogens (tertiary/aromatic N) is 4. The first kappa shape index (κ1) is 15.2. The summed E-state index contributed by atoms with van der Waals surface area (Å²) >= 11 is 0. The summed E-state index contributed by atoms with van der Waals surface area (Å²) in [5.41, 5.74) is 1.97. The topological polar surface area (TPSA) is 77.5 Å². The number of hydrogen-bond acceptors (Lipinski definition) is 6. The highest BCUT2D eigenvalue weighted by molar-refractivity contribution is 5.53. The van der Waals surface area contributed by atoms with Crippen LogP contribution in [0, 0.1) is 6.92 Å². The van der Waals surface area contributed by atoms with E-state index >= 15 is 0 Å². The monoisotopic (exact) mass is 335 g/mol. The molecule has 1 aromatic carbocycles. The predicted octanol–water partition coefficient (Wildman–Crippen LogP) is 3.31. The summed E-state index contributed by atoms with van der Waals surface area (Å²) in [5, 5.41) is 7.89. The summed E-state index contributed by atoms with van der Waals surface area (Å²) in [4.78, 5) is 8.88. The molecule has 0 saturated heterocycles. The Bertz CT molecular complexity index is 1010. The normalized spacial score (nSPS) is 11.0. The van der Waals surface area contributed by atoms with Crippen molar-refractivity contribution in [1.29, 1.82) is 0 Å². The molecule has 4 rings (SSSR count). The third kappa shape index (κ3) is 3.03. The zero-order valence-corrected chi connectivity index (χ0v) is 13.9. The van der Waals surface area contributed by atoms with E-state index in [1.165, 1.54) is 0 Å². The molecule has 3 heterocycles. The predicted molar refractivity (Wildman–Crippen MR) is 93.5 cm³/mol. The molecule has 3 aromatic heterocycles. The lowest BCUT2D eigenvalue weighted by Gasteiger charge is -2.09. The fourth-order valence-corrected chi connectivity index (χ4v) is 2.60. The average Bonchev–Trinajstić information content (AvgIpc) is 3.29. The Balaban J connectivity index is 1.66. The molecule has 0 unspecified atom stereocenters. The Kier molecular flexibility index (Phi) is 3.81. The van der Waals surface area contributed by atoms with E-state index in [0.717, 1.165) is 22.8 Å². The maximum absolute atomic E-state index is 5.37. The van der Waals surface area contributed by atoms with E-state index in [1.807, 2.05) is 49.4 Å². The van der Waals surface area contributed by atoms with E-state index in [9.17, 15) is 0 Å². The molecule has 0 fully saturated rings. The first-order valence-corrected chi connectivity index (χ1v) is 7.88. The molecule has 0 saturated carbocycles. The minimum Gasteiger partial charge on any atom is -0.497 e. The highest BCUT2D eigenvalue weighted by Gasteiger charge is 2.13. The molecule has 0 radical (unpaired) electrons. The highest BCUT2D eigenvalue weighted by atomic mass is 16.5. The first-order valence-electron chi connectivity index (χ1n) is 7.88. The van der Waals surface area contributed by atoms with Gasteiger partial charge < -0.3 is 14.5 Å². The molecule has 1 N–H and O–H groups in total.